The Morgan fingerprint density at radius 1 is 1.50 bits per heavy atom. The molecule has 0 atom stereocenters. The van der Waals surface area contributed by atoms with Crippen molar-refractivity contribution in [3.8, 4) is 0 Å². The van der Waals surface area contributed by atoms with E-state index in [1.807, 2.05) is 10.7 Å². The molecule has 0 bridgehead atoms. The number of ether oxygens (including phenoxy) is 1. The van der Waals surface area contributed by atoms with Crippen LogP contribution < -0.4 is 0 Å². The third-order valence-corrected chi connectivity index (χ3v) is 4.50. The standard InChI is InChI=1S/C9H17IN2OSi/c1-14(2,3)7-6-13-8-12-9(10)4-5-11-12/h4-5H,6-8H2,1-3H3. The summed E-state index contributed by atoms with van der Waals surface area (Å²) in [5, 5.41) is 4.15. The molecule has 1 rings (SSSR count). The van der Waals surface area contributed by atoms with Gasteiger partial charge in [-0.1, -0.05) is 19.6 Å². The Kier molecular flexibility index (Phi) is 4.59. The monoisotopic (exact) mass is 324 g/mol. The van der Waals surface area contributed by atoms with Crippen LogP contribution in [0.1, 0.15) is 0 Å². The average molecular weight is 324 g/mol. The zero-order valence-electron chi connectivity index (χ0n) is 8.96. The summed E-state index contributed by atoms with van der Waals surface area (Å²) in [7, 11) is -0.949. The highest BCUT2D eigenvalue weighted by molar-refractivity contribution is 14.1. The van der Waals surface area contributed by atoms with Crippen LogP contribution in [-0.2, 0) is 11.5 Å². The number of hydrogen-bond acceptors (Lipinski definition) is 2. The first-order valence-corrected chi connectivity index (χ1v) is 9.53. The summed E-state index contributed by atoms with van der Waals surface area (Å²) in [4.78, 5) is 0. The van der Waals surface area contributed by atoms with Gasteiger partial charge in [0.25, 0.3) is 0 Å². The van der Waals surface area contributed by atoms with Gasteiger partial charge in [0.2, 0.25) is 0 Å². The Bertz CT molecular complexity index is 283. The lowest BCUT2D eigenvalue weighted by Gasteiger charge is -2.15. The zero-order chi connectivity index (χ0) is 10.6. The van der Waals surface area contributed by atoms with Gasteiger partial charge in [0.1, 0.15) is 10.4 Å². The number of nitrogens with zero attached hydrogens (tertiary/aromatic N) is 2. The molecule has 1 aromatic heterocycles. The van der Waals surface area contributed by atoms with E-state index < -0.39 is 8.07 Å². The van der Waals surface area contributed by atoms with Crippen molar-refractivity contribution in [2.24, 2.45) is 0 Å². The van der Waals surface area contributed by atoms with Crippen LogP contribution in [0, 0.1) is 3.70 Å². The molecule has 0 N–H and O–H groups in total. The maximum Gasteiger partial charge on any atom is 0.140 e. The van der Waals surface area contributed by atoms with Gasteiger partial charge in [-0.15, -0.1) is 0 Å². The molecule has 0 aliphatic carbocycles. The van der Waals surface area contributed by atoms with Crippen LogP contribution in [0.15, 0.2) is 12.3 Å². The highest BCUT2D eigenvalue weighted by Crippen LogP contribution is 2.08. The van der Waals surface area contributed by atoms with Gasteiger partial charge < -0.3 is 4.74 Å². The van der Waals surface area contributed by atoms with E-state index in [-0.39, 0.29) is 0 Å². The topological polar surface area (TPSA) is 27.1 Å². The van der Waals surface area contributed by atoms with Crippen molar-refractivity contribution < 1.29 is 4.74 Å². The Morgan fingerprint density at radius 3 is 2.71 bits per heavy atom. The molecular formula is C9H17IN2OSi. The molecule has 1 aromatic rings. The van der Waals surface area contributed by atoms with E-state index in [1.54, 1.807) is 6.20 Å². The first-order chi connectivity index (χ1) is 6.49. The molecule has 0 unspecified atom stereocenters. The highest BCUT2D eigenvalue weighted by atomic mass is 127. The Balaban J connectivity index is 2.20. The third-order valence-electron chi connectivity index (χ3n) is 1.87. The summed E-state index contributed by atoms with van der Waals surface area (Å²) in [5.41, 5.74) is 0. The van der Waals surface area contributed by atoms with Gasteiger partial charge in [0.05, 0.1) is 6.20 Å². The third kappa shape index (κ3) is 4.56. The first kappa shape index (κ1) is 12.2. The normalized spacial score (nSPS) is 12.0. The molecule has 0 aliphatic heterocycles. The fraction of sp³-hybridized carbons (Fsp3) is 0.667. The van der Waals surface area contributed by atoms with Crippen molar-refractivity contribution in [1.29, 1.82) is 0 Å². The SMILES string of the molecule is C[Si](C)(C)CCOCn1nccc1I. The van der Waals surface area contributed by atoms with Crippen molar-refractivity contribution in [1.82, 2.24) is 9.78 Å². The van der Waals surface area contributed by atoms with E-state index in [2.05, 4.69) is 47.3 Å². The Hall–Kier alpha value is 0.117. The van der Waals surface area contributed by atoms with Crippen LogP contribution >= 0.6 is 22.6 Å². The molecule has 14 heavy (non-hydrogen) atoms. The molecule has 0 aromatic carbocycles. The average Bonchev–Trinajstić information content (AvgIpc) is 2.44. The smallest absolute Gasteiger partial charge is 0.140 e. The van der Waals surface area contributed by atoms with Crippen molar-refractivity contribution >= 4 is 30.7 Å². The fourth-order valence-electron chi connectivity index (χ4n) is 0.941. The van der Waals surface area contributed by atoms with Crippen LogP contribution in [0.2, 0.25) is 25.7 Å². The molecule has 0 radical (unpaired) electrons. The van der Waals surface area contributed by atoms with Crippen molar-refractivity contribution in [2.45, 2.75) is 32.4 Å². The lowest BCUT2D eigenvalue weighted by molar-refractivity contribution is 0.0767. The van der Waals surface area contributed by atoms with E-state index in [9.17, 15) is 0 Å². The molecule has 0 amide bonds. The van der Waals surface area contributed by atoms with Crippen LogP contribution in [0.25, 0.3) is 0 Å². The second-order valence-electron chi connectivity index (χ2n) is 4.50. The summed E-state index contributed by atoms with van der Waals surface area (Å²) < 4.78 is 8.55. The highest BCUT2D eigenvalue weighted by Gasteiger charge is 2.12. The van der Waals surface area contributed by atoms with Crippen molar-refractivity contribution in [3.05, 3.63) is 16.0 Å². The Morgan fingerprint density at radius 2 is 2.21 bits per heavy atom. The van der Waals surface area contributed by atoms with Crippen molar-refractivity contribution in [2.75, 3.05) is 6.61 Å². The summed E-state index contributed by atoms with van der Waals surface area (Å²) in [6.45, 7) is 8.50. The molecule has 3 nitrogen and oxygen atoms in total. The van der Waals surface area contributed by atoms with Gasteiger partial charge in [-0.3, -0.25) is 0 Å². The first-order valence-electron chi connectivity index (χ1n) is 4.74. The lowest BCUT2D eigenvalue weighted by Crippen LogP contribution is -2.22. The summed E-state index contributed by atoms with van der Waals surface area (Å²) in [6, 6.07) is 3.19. The zero-order valence-corrected chi connectivity index (χ0v) is 12.1. The molecule has 1 heterocycles. The molecule has 0 aliphatic rings. The predicted octanol–water partition coefficient (Wildman–Crippen LogP) is 2.80. The van der Waals surface area contributed by atoms with Gasteiger partial charge in [0.15, 0.2) is 0 Å². The fourth-order valence-corrected chi connectivity index (χ4v) is 2.12. The van der Waals surface area contributed by atoms with Gasteiger partial charge >= 0.3 is 0 Å². The summed E-state index contributed by atoms with van der Waals surface area (Å²) in [6.07, 6.45) is 1.80. The van der Waals surface area contributed by atoms with E-state index in [0.717, 1.165) is 10.3 Å². The number of aromatic nitrogens is 2. The molecule has 5 heteroatoms. The molecular weight excluding hydrogens is 307 g/mol. The lowest BCUT2D eigenvalue weighted by atomic mass is 10.7. The number of halogens is 1. The van der Waals surface area contributed by atoms with E-state index in [0.29, 0.717) is 6.73 Å². The van der Waals surface area contributed by atoms with Crippen LogP contribution in [0.3, 0.4) is 0 Å². The minimum atomic E-state index is -0.949. The van der Waals surface area contributed by atoms with E-state index in [1.165, 1.54) is 6.04 Å². The largest absolute Gasteiger partial charge is 0.359 e. The van der Waals surface area contributed by atoms with Crippen LogP contribution in [0.5, 0.6) is 0 Å². The minimum Gasteiger partial charge on any atom is -0.359 e. The summed E-state index contributed by atoms with van der Waals surface area (Å²) >= 11 is 2.25. The van der Waals surface area contributed by atoms with Gasteiger partial charge in [-0.25, -0.2) is 4.68 Å². The van der Waals surface area contributed by atoms with Gasteiger partial charge in [0, 0.05) is 14.7 Å². The predicted molar refractivity (Wildman–Crippen MR) is 69.0 cm³/mol. The number of rotatable bonds is 5. The molecule has 0 fully saturated rings. The van der Waals surface area contributed by atoms with Crippen LogP contribution in [0.4, 0.5) is 0 Å². The maximum atomic E-state index is 5.57. The second kappa shape index (κ2) is 5.27. The molecule has 80 valence electrons. The van der Waals surface area contributed by atoms with E-state index in [4.69, 9.17) is 4.74 Å². The molecule has 0 saturated heterocycles. The van der Waals surface area contributed by atoms with E-state index >= 15 is 0 Å². The summed E-state index contributed by atoms with van der Waals surface area (Å²) in [5.74, 6) is 0. The maximum absolute atomic E-state index is 5.57. The van der Waals surface area contributed by atoms with Gasteiger partial charge in [-0.05, 0) is 34.7 Å². The number of hydrogen-bond donors (Lipinski definition) is 0. The molecule has 0 saturated carbocycles. The Labute approximate surface area is 100.0 Å². The van der Waals surface area contributed by atoms with Gasteiger partial charge in [-0.2, -0.15) is 5.10 Å². The second-order valence-corrected chi connectivity index (χ2v) is 11.2. The minimum absolute atomic E-state index is 0.579. The quantitative estimate of drug-likeness (QED) is 0.473. The molecule has 0 spiro atoms. The van der Waals surface area contributed by atoms with Crippen molar-refractivity contribution in [3.63, 3.8) is 0 Å². The van der Waals surface area contributed by atoms with Crippen LogP contribution in [-0.4, -0.2) is 24.5 Å².